The first-order valence-electron chi connectivity index (χ1n) is 5.57. The van der Waals surface area contributed by atoms with Gasteiger partial charge < -0.3 is 11.1 Å². The summed E-state index contributed by atoms with van der Waals surface area (Å²) in [7, 11) is -2.05. The Hall–Kier alpha value is -0.920. The molecule has 0 saturated heterocycles. The Balaban J connectivity index is 2.74. The first kappa shape index (κ1) is 15.1. The van der Waals surface area contributed by atoms with Crippen LogP contribution in [0.5, 0.6) is 0 Å². The average molecular weight is 289 g/mol. The number of anilines is 2. The van der Waals surface area contributed by atoms with Crippen LogP contribution in [0.25, 0.3) is 0 Å². The fraction of sp³-hybridized carbons (Fsp3) is 0.455. The van der Waals surface area contributed by atoms with Gasteiger partial charge in [0.25, 0.3) is 0 Å². The summed E-state index contributed by atoms with van der Waals surface area (Å²) >= 11 is 1.79. The highest BCUT2D eigenvalue weighted by atomic mass is 32.2. The van der Waals surface area contributed by atoms with Crippen molar-refractivity contribution in [2.24, 2.45) is 0 Å². The van der Waals surface area contributed by atoms with Crippen LogP contribution < -0.4 is 15.8 Å². The Morgan fingerprint density at radius 3 is 2.67 bits per heavy atom. The van der Waals surface area contributed by atoms with Gasteiger partial charge >= 0.3 is 0 Å². The van der Waals surface area contributed by atoms with Crippen LogP contribution >= 0.6 is 11.8 Å². The number of sulfonamides is 1. The van der Waals surface area contributed by atoms with E-state index in [0.29, 0.717) is 5.69 Å². The van der Waals surface area contributed by atoms with Gasteiger partial charge in [0.1, 0.15) is 0 Å². The summed E-state index contributed by atoms with van der Waals surface area (Å²) in [6, 6.07) is 4.69. The number of nitrogen functional groups attached to an aromatic ring is 1. The van der Waals surface area contributed by atoms with Crippen LogP contribution in [-0.2, 0) is 10.0 Å². The third-order valence-electron chi connectivity index (χ3n) is 2.44. The monoisotopic (exact) mass is 289 g/mol. The summed E-state index contributed by atoms with van der Waals surface area (Å²) in [5.74, 6) is 1.08. The third kappa shape index (κ3) is 4.08. The Kier molecular flexibility index (Phi) is 5.77. The van der Waals surface area contributed by atoms with Gasteiger partial charge in [0, 0.05) is 6.54 Å². The molecule has 102 valence electrons. The lowest BCUT2D eigenvalue weighted by atomic mass is 10.2. The van der Waals surface area contributed by atoms with E-state index in [4.69, 9.17) is 5.73 Å². The molecular weight excluding hydrogens is 270 g/mol. The van der Waals surface area contributed by atoms with Crippen molar-refractivity contribution < 1.29 is 8.42 Å². The molecule has 0 aliphatic carbocycles. The van der Waals surface area contributed by atoms with Crippen molar-refractivity contribution >= 4 is 33.2 Å². The topological polar surface area (TPSA) is 84.2 Å². The van der Waals surface area contributed by atoms with Crippen LogP contribution in [0.4, 0.5) is 11.4 Å². The minimum absolute atomic E-state index is 0.178. The fourth-order valence-electron chi connectivity index (χ4n) is 1.43. The maximum absolute atomic E-state index is 11.6. The van der Waals surface area contributed by atoms with Crippen molar-refractivity contribution in [1.82, 2.24) is 4.72 Å². The largest absolute Gasteiger partial charge is 0.397 e. The second kappa shape index (κ2) is 6.86. The first-order chi connectivity index (χ1) is 8.51. The lowest BCUT2D eigenvalue weighted by molar-refractivity contribution is 0.588. The Bertz CT molecular complexity index is 489. The summed E-state index contributed by atoms with van der Waals surface area (Å²) < 4.78 is 25.4. The molecular formula is C11H19N3O2S2. The molecule has 0 saturated carbocycles. The molecule has 0 heterocycles. The molecule has 1 rings (SSSR count). The van der Waals surface area contributed by atoms with Gasteiger partial charge in [-0.05, 0) is 43.7 Å². The molecule has 0 spiro atoms. The zero-order valence-electron chi connectivity index (χ0n) is 10.6. The molecule has 0 fully saturated rings. The van der Waals surface area contributed by atoms with Crippen molar-refractivity contribution in [2.45, 2.75) is 11.3 Å². The number of nitrogens with two attached hydrogens (primary N) is 1. The SMILES string of the molecule is CNS(=O)(=O)c1ccc(NCCCSC)c(N)c1. The van der Waals surface area contributed by atoms with Gasteiger partial charge in [-0.15, -0.1) is 0 Å². The summed E-state index contributed by atoms with van der Waals surface area (Å²) in [4.78, 5) is 0.178. The fourth-order valence-corrected chi connectivity index (χ4v) is 2.62. The van der Waals surface area contributed by atoms with Crippen molar-refractivity contribution in [1.29, 1.82) is 0 Å². The maximum Gasteiger partial charge on any atom is 0.240 e. The van der Waals surface area contributed by atoms with Crippen molar-refractivity contribution in [2.75, 3.05) is 36.7 Å². The van der Waals surface area contributed by atoms with Gasteiger partial charge in [0.15, 0.2) is 0 Å². The molecule has 4 N–H and O–H groups in total. The summed E-state index contributed by atoms with van der Waals surface area (Å²) in [5, 5.41) is 3.19. The Morgan fingerprint density at radius 1 is 1.39 bits per heavy atom. The second-order valence-electron chi connectivity index (χ2n) is 3.73. The van der Waals surface area contributed by atoms with Gasteiger partial charge in [-0.3, -0.25) is 0 Å². The van der Waals surface area contributed by atoms with E-state index in [1.165, 1.54) is 13.1 Å². The number of thioether (sulfide) groups is 1. The molecule has 1 aromatic rings. The van der Waals surface area contributed by atoms with Gasteiger partial charge in [0.05, 0.1) is 16.3 Å². The van der Waals surface area contributed by atoms with E-state index in [-0.39, 0.29) is 4.90 Å². The summed E-state index contributed by atoms with van der Waals surface area (Å²) in [5.41, 5.74) is 7.04. The zero-order chi connectivity index (χ0) is 13.6. The molecule has 0 aliphatic heterocycles. The van der Waals surface area contributed by atoms with Gasteiger partial charge in [-0.1, -0.05) is 0 Å². The highest BCUT2D eigenvalue weighted by Gasteiger charge is 2.12. The molecule has 0 amide bonds. The summed E-state index contributed by atoms with van der Waals surface area (Å²) in [6.07, 6.45) is 3.10. The van der Waals surface area contributed by atoms with E-state index in [0.717, 1.165) is 24.4 Å². The van der Waals surface area contributed by atoms with Crippen molar-refractivity contribution in [3.8, 4) is 0 Å². The van der Waals surface area contributed by atoms with Crippen LogP contribution in [0.2, 0.25) is 0 Å². The van der Waals surface area contributed by atoms with E-state index in [1.807, 2.05) is 0 Å². The standard InChI is InChI=1S/C11H19N3O2S2/c1-13-18(15,16)9-4-5-11(10(12)8-9)14-6-3-7-17-2/h4-5,8,13-14H,3,6-7,12H2,1-2H3. The lowest BCUT2D eigenvalue weighted by Crippen LogP contribution is -2.18. The number of nitrogens with one attached hydrogen (secondary N) is 2. The zero-order valence-corrected chi connectivity index (χ0v) is 12.2. The summed E-state index contributed by atoms with van der Waals surface area (Å²) in [6.45, 7) is 0.823. The van der Waals surface area contributed by atoms with E-state index in [1.54, 1.807) is 23.9 Å². The minimum Gasteiger partial charge on any atom is -0.397 e. The lowest BCUT2D eigenvalue weighted by Gasteiger charge is -2.10. The quantitative estimate of drug-likeness (QED) is 0.521. The average Bonchev–Trinajstić information content (AvgIpc) is 2.36. The van der Waals surface area contributed by atoms with Crippen LogP contribution in [0.1, 0.15) is 6.42 Å². The molecule has 0 unspecified atom stereocenters. The van der Waals surface area contributed by atoms with Gasteiger partial charge in [0.2, 0.25) is 10.0 Å². The smallest absolute Gasteiger partial charge is 0.240 e. The molecule has 0 aromatic heterocycles. The van der Waals surface area contributed by atoms with Crippen LogP contribution in [-0.4, -0.2) is 34.0 Å². The molecule has 0 atom stereocenters. The molecule has 5 nitrogen and oxygen atoms in total. The van der Waals surface area contributed by atoms with Gasteiger partial charge in [-0.2, -0.15) is 11.8 Å². The van der Waals surface area contributed by atoms with E-state index < -0.39 is 10.0 Å². The Labute approximate surface area is 113 Å². The van der Waals surface area contributed by atoms with Crippen LogP contribution in [0.3, 0.4) is 0 Å². The number of hydrogen-bond donors (Lipinski definition) is 3. The highest BCUT2D eigenvalue weighted by Crippen LogP contribution is 2.22. The minimum atomic E-state index is -3.43. The number of rotatable bonds is 7. The molecule has 0 bridgehead atoms. The van der Waals surface area contributed by atoms with Crippen LogP contribution in [0, 0.1) is 0 Å². The molecule has 7 heteroatoms. The van der Waals surface area contributed by atoms with Crippen molar-refractivity contribution in [3.63, 3.8) is 0 Å². The number of hydrogen-bond acceptors (Lipinski definition) is 5. The molecule has 0 radical (unpaired) electrons. The predicted octanol–water partition coefficient (Wildman–Crippen LogP) is 1.34. The van der Waals surface area contributed by atoms with Crippen LogP contribution in [0.15, 0.2) is 23.1 Å². The van der Waals surface area contributed by atoms with E-state index >= 15 is 0 Å². The van der Waals surface area contributed by atoms with Crippen molar-refractivity contribution in [3.05, 3.63) is 18.2 Å². The normalized spacial score (nSPS) is 11.4. The molecule has 1 aromatic carbocycles. The second-order valence-corrected chi connectivity index (χ2v) is 6.60. The third-order valence-corrected chi connectivity index (χ3v) is 4.55. The first-order valence-corrected chi connectivity index (χ1v) is 8.45. The highest BCUT2D eigenvalue weighted by molar-refractivity contribution is 7.98. The predicted molar refractivity (Wildman–Crippen MR) is 78.6 cm³/mol. The maximum atomic E-state index is 11.6. The number of benzene rings is 1. The van der Waals surface area contributed by atoms with E-state index in [2.05, 4.69) is 16.3 Å². The molecule has 0 aliphatic rings. The molecule has 18 heavy (non-hydrogen) atoms. The van der Waals surface area contributed by atoms with E-state index in [9.17, 15) is 8.42 Å². The Morgan fingerprint density at radius 2 is 2.11 bits per heavy atom. The van der Waals surface area contributed by atoms with Gasteiger partial charge in [-0.25, -0.2) is 13.1 Å².